The average Bonchev–Trinajstić information content (AvgIpc) is 3.15. The van der Waals surface area contributed by atoms with Gasteiger partial charge in [0.25, 0.3) is 5.91 Å². The smallest absolute Gasteiger partial charge is 0.260 e. The van der Waals surface area contributed by atoms with Gasteiger partial charge in [-0.2, -0.15) is 0 Å². The van der Waals surface area contributed by atoms with E-state index in [1.54, 1.807) is 4.90 Å². The van der Waals surface area contributed by atoms with Gasteiger partial charge in [-0.1, -0.05) is 18.2 Å². The molecule has 136 valence electrons. The van der Waals surface area contributed by atoms with E-state index in [4.69, 9.17) is 10.5 Å². The van der Waals surface area contributed by atoms with Crippen molar-refractivity contribution in [3.63, 3.8) is 0 Å². The van der Waals surface area contributed by atoms with Crippen molar-refractivity contribution in [2.75, 3.05) is 39.3 Å². The number of nitrogens with two attached hydrogens (primary N) is 1. The van der Waals surface area contributed by atoms with Crippen LogP contribution >= 0.6 is 0 Å². The molecule has 1 aromatic carbocycles. The van der Waals surface area contributed by atoms with Crippen molar-refractivity contribution in [2.24, 2.45) is 17.6 Å². The van der Waals surface area contributed by atoms with Crippen LogP contribution in [0.5, 0.6) is 5.75 Å². The predicted octanol–water partition coefficient (Wildman–Crippen LogP) is 1.11. The molecule has 2 atom stereocenters. The van der Waals surface area contributed by atoms with E-state index in [1.165, 1.54) is 0 Å². The number of piperidine rings is 1. The topological polar surface area (TPSA) is 75.9 Å². The Bertz CT molecular complexity index is 593. The molecular weight excluding hydrogens is 318 g/mol. The maximum absolute atomic E-state index is 12.7. The largest absolute Gasteiger partial charge is 0.484 e. The first kappa shape index (κ1) is 17.7. The number of rotatable bonds is 5. The van der Waals surface area contributed by atoms with E-state index in [-0.39, 0.29) is 24.3 Å². The molecule has 6 nitrogen and oxygen atoms in total. The molecule has 2 amide bonds. The van der Waals surface area contributed by atoms with E-state index in [0.29, 0.717) is 31.3 Å². The second-order valence-electron chi connectivity index (χ2n) is 6.96. The van der Waals surface area contributed by atoms with Gasteiger partial charge in [0.2, 0.25) is 5.91 Å². The van der Waals surface area contributed by atoms with Crippen molar-refractivity contribution < 1.29 is 14.3 Å². The Labute approximate surface area is 148 Å². The van der Waals surface area contributed by atoms with Crippen LogP contribution in [0, 0.1) is 11.8 Å². The zero-order valence-corrected chi connectivity index (χ0v) is 14.6. The average molecular weight is 345 g/mol. The maximum Gasteiger partial charge on any atom is 0.260 e. The summed E-state index contributed by atoms with van der Waals surface area (Å²) in [5.41, 5.74) is 5.71. The quantitative estimate of drug-likeness (QED) is 0.867. The first-order valence-corrected chi connectivity index (χ1v) is 9.12. The summed E-state index contributed by atoms with van der Waals surface area (Å²) in [5.74, 6) is 1.14. The number of ether oxygens (including phenoxy) is 1. The van der Waals surface area contributed by atoms with Crippen molar-refractivity contribution >= 4 is 11.8 Å². The van der Waals surface area contributed by atoms with E-state index >= 15 is 0 Å². The molecule has 2 saturated heterocycles. The Morgan fingerprint density at radius 2 is 1.88 bits per heavy atom. The van der Waals surface area contributed by atoms with Gasteiger partial charge < -0.3 is 20.3 Å². The van der Waals surface area contributed by atoms with Gasteiger partial charge >= 0.3 is 0 Å². The van der Waals surface area contributed by atoms with Crippen LogP contribution in [0.25, 0.3) is 0 Å². The Hall–Kier alpha value is -2.08. The van der Waals surface area contributed by atoms with Crippen LogP contribution < -0.4 is 10.5 Å². The summed E-state index contributed by atoms with van der Waals surface area (Å²) in [7, 11) is 0. The minimum Gasteiger partial charge on any atom is -0.484 e. The third-order valence-corrected chi connectivity index (χ3v) is 5.16. The molecule has 0 spiro atoms. The zero-order chi connectivity index (χ0) is 17.6. The Balaban J connectivity index is 1.50. The van der Waals surface area contributed by atoms with E-state index in [2.05, 4.69) is 0 Å². The molecule has 0 aliphatic carbocycles. The van der Waals surface area contributed by atoms with Crippen LogP contribution in [0.4, 0.5) is 0 Å². The van der Waals surface area contributed by atoms with E-state index in [1.807, 2.05) is 35.2 Å². The van der Waals surface area contributed by atoms with Crippen molar-refractivity contribution in [3.05, 3.63) is 30.3 Å². The fourth-order valence-electron chi connectivity index (χ4n) is 3.64. The Morgan fingerprint density at radius 1 is 1.08 bits per heavy atom. The third kappa shape index (κ3) is 4.51. The monoisotopic (exact) mass is 345 g/mol. The minimum atomic E-state index is -0.0917. The van der Waals surface area contributed by atoms with Gasteiger partial charge in [0.05, 0.1) is 5.92 Å². The number of carbonyl (C=O) groups is 2. The predicted molar refractivity (Wildman–Crippen MR) is 95.0 cm³/mol. The molecule has 2 fully saturated rings. The minimum absolute atomic E-state index is 0.0177. The van der Waals surface area contributed by atoms with Gasteiger partial charge in [-0.05, 0) is 43.9 Å². The molecule has 2 aliphatic rings. The zero-order valence-electron chi connectivity index (χ0n) is 14.6. The number of nitrogens with zero attached hydrogens (tertiary/aromatic N) is 2. The summed E-state index contributed by atoms with van der Waals surface area (Å²) in [6, 6.07) is 9.32. The molecule has 6 heteroatoms. The number of benzene rings is 1. The molecule has 3 rings (SSSR count). The molecule has 2 unspecified atom stereocenters. The lowest BCUT2D eigenvalue weighted by Gasteiger charge is -2.34. The maximum atomic E-state index is 12.7. The highest BCUT2D eigenvalue weighted by atomic mass is 16.5. The van der Waals surface area contributed by atoms with Gasteiger partial charge in [0.1, 0.15) is 5.75 Å². The SMILES string of the molecule is NCC1CCN(C(=O)C2CCCN(C(=O)COc3ccccc3)C2)C1. The summed E-state index contributed by atoms with van der Waals surface area (Å²) in [6.07, 6.45) is 2.70. The van der Waals surface area contributed by atoms with Crippen molar-refractivity contribution in [1.29, 1.82) is 0 Å². The van der Waals surface area contributed by atoms with Crippen LogP contribution in [0.2, 0.25) is 0 Å². The lowest BCUT2D eigenvalue weighted by molar-refractivity contribution is -0.141. The summed E-state index contributed by atoms with van der Waals surface area (Å²) in [6.45, 7) is 3.41. The molecule has 2 N–H and O–H groups in total. The number of carbonyl (C=O) groups excluding carboxylic acids is 2. The highest BCUT2D eigenvalue weighted by molar-refractivity contribution is 5.82. The first-order chi connectivity index (χ1) is 12.2. The number of likely N-dealkylation sites (tertiary alicyclic amines) is 2. The molecule has 0 radical (unpaired) electrons. The first-order valence-electron chi connectivity index (χ1n) is 9.12. The van der Waals surface area contributed by atoms with Crippen molar-refractivity contribution in [3.8, 4) is 5.75 Å². The fraction of sp³-hybridized carbons (Fsp3) is 0.579. The van der Waals surface area contributed by atoms with Crippen LogP contribution in [-0.4, -0.2) is 60.9 Å². The number of para-hydroxylation sites is 1. The van der Waals surface area contributed by atoms with E-state index < -0.39 is 0 Å². The summed E-state index contributed by atoms with van der Waals surface area (Å²) < 4.78 is 5.54. The number of hydrogen-bond donors (Lipinski definition) is 1. The van der Waals surface area contributed by atoms with E-state index in [9.17, 15) is 9.59 Å². The molecule has 0 bridgehead atoms. The fourth-order valence-corrected chi connectivity index (χ4v) is 3.64. The molecule has 2 heterocycles. The molecule has 0 saturated carbocycles. The molecule has 0 aromatic heterocycles. The molecule has 1 aromatic rings. The van der Waals surface area contributed by atoms with Crippen LogP contribution in [-0.2, 0) is 9.59 Å². The van der Waals surface area contributed by atoms with Crippen LogP contribution in [0.1, 0.15) is 19.3 Å². The van der Waals surface area contributed by atoms with Gasteiger partial charge in [-0.3, -0.25) is 9.59 Å². The molecule has 25 heavy (non-hydrogen) atoms. The Kier molecular flexibility index (Phi) is 5.91. The van der Waals surface area contributed by atoms with Crippen LogP contribution in [0.3, 0.4) is 0 Å². The second-order valence-corrected chi connectivity index (χ2v) is 6.96. The summed E-state index contributed by atoms with van der Waals surface area (Å²) in [5, 5.41) is 0. The number of hydrogen-bond acceptors (Lipinski definition) is 4. The second kappa shape index (κ2) is 8.34. The van der Waals surface area contributed by atoms with Gasteiger partial charge in [-0.15, -0.1) is 0 Å². The highest BCUT2D eigenvalue weighted by Gasteiger charge is 2.34. The van der Waals surface area contributed by atoms with Crippen molar-refractivity contribution in [1.82, 2.24) is 9.80 Å². The number of amides is 2. The molecular formula is C19H27N3O3. The van der Waals surface area contributed by atoms with Gasteiger partial charge in [-0.25, -0.2) is 0 Å². The van der Waals surface area contributed by atoms with Crippen LogP contribution in [0.15, 0.2) is 30.3 Å². The van der Waals surface area contributed by atoms with Crippen molar-refractivity contribution in [2.45, 2.75) is 19.3 Å². The standard InChI is InChI=1S/C19H27N3O3/c20-11-15-8-10-22(12-15)19(24)16-5-4-9-21(13-16)18(23)14-25-17-6-2-1-3-7-17/h1-3,6-7,15-16H,4-5,8-14,20H2. The summed E-state index contributed by atoms with van der Waals surface area (Å²) in [4.78, 5) is 28.8. The Morgan fingerprint density at radius 3 is 2.60 bits per heavy atom. The summed E-state index contributed by atoms with van der Waals surface area (Å²) >= 11 is 0. The normalized spacial score (nSPS) is 23.6. The van der Waals surface area contributed by atoms with Gasteiger partial charge in [0, 0.05) is 26.2 Å². The lowest BCUT2D eigenvalue weighted by atomic mass is 9.96. The lowest BCUT2D eigenvalue weighted by Crippen LogP contribution is -2.47. The highest BCUT2D eigenvalue weighted by Crippen LogP contribution is 2.23. The molecule has 2 aliphatic heterocycles. The van der Waals surface area contributed by atoms with E-state index in [0.717, 1.165) is 32.4 Å². The van der Waals surface area contributed by atoms with Gasteiger partial charge in [0.15, 0.2) is 6.61 Å². The third-order valence-electron chi connectivity index (χ3n) is 5.16.